The van der Waals surface area contributed by atoms with E-state index >= 15 is 0 Å². The Morgan fingerprint density at radius 3 is 2.10 bits per heavy atom. The number of sulfonamides is 1. The molecule has 0 aliphatic carbocycles. The molecule has 2 saturated heterocycles. The first kappa shape index (κ1) is 16.7. The fraction of sp³-hybridized carbons (Fsp3) is 0.929. The van der Waals surface area contributed by atoms with Gasteiger partial charge < -0.3 is 4.90 Å². The lowest BCUT2D eigenvalue weighted by atomic mass is 10.1. The first-order chi connectivity index (χ1) is 9.95. The van der Waals surface area contributed by atoms with E-state index in [9.17, 15) is 13.2 Å². The number of carbonyl (C=O) groups excluding carboxylic acids is 1. The Balaban J connectivity index is 1.88. The average molecular weight is 317 g/mol. The highest BCUT2D eigenvalue weighted by atomic mass is 32.2. The zero-order valence-corrected chi connectivity index (χ0v) is 13.9. The summed E-state index contributed by atoms with van der Waals surface area (Å²) in [6.45, 7) is 7.62. The van der Waals surface area contributed by atoms with Gasteiger partial charge in [-0.2, -0.15) is 4.31 Å². The minimum Gasteiger partial charge on any atom is -0.341 e. The van der Waals surface area contributed by atoms with Crippen LogP contribution in [0.3, 0.4) is 0 Å². The zero-order valence-electron chi connectivity index (χ0n) is 13.1. The SMILES string of the molecule is CCS(=O)(=O)N1CCN(C(C)C(=O)N2CCCCC2)CC1. The second-order valence-corrected chi connectivity index (χ2v) is 8.16. The van der Waals surface area contributed by atoms with Gasteiger partial charge in [0.05, 0.1) is 11.8 Å². The highest BCUT2D eigenvalue weighted by molar-refractivity contribution is 7.89. The molecule has 2 heterocycles. The Morgan fingerprint density at radius 1 is 1.00 bits per heavy atom. The van der Waals surface area contributed by atoms with Crippen LogP contribution in [0.15, 0.2) is 0 Å². The van der Waals surface area contributed by atoms with Gasteiger partial charge in [-0.15, -0.1) is 0 Å². The van der Waals surface area contributed by atoms with Crippen molar-refractivity contribution in [1.29, 1.82) is 0 Å². The molecule has 0 radical (unpaired) electrons. The number of amides is 1. The van der Waals surface area contributed by atoms with E-state index in [0.29, 0.717) is 26.2 Å². The number of carbonyl (C=O) groups is 1. The second-order valence-electron chi connectivity index (χ2n) is 5.90. The molecule has 0 aromatic heterocycles. The van der Waals surface area contributed by atoms with Crippen molar-refractivity contribution >= 4 is 15.9 Å². The van der Waals surface area contributed by atoms with E-state index in [1.54, 1.807) is 11.2 Å². The van der Waals surface area contributed by atoms with Gasteiger partial charge in [0.15, 0.2) is 0 Å². The molecule has 6 nitrogen and oxygen atoms in total. The van der Waals surface area contributed by atoms with Crippen molar-refractivity contribution in [2.24, 2.45) is 0 Å². The molecule has 2 aliphatic rings. The largest absolute Gasteiger partial charge is 0.341 e. The van der Waals surface area contributed by atoms with Gasteiger partial charge in [0.2, 0.25) is 15.9 Å². The molecule has 2 aliphatic heterocycles. The minimum atomic E-state index is -3.10. The number of hydrogen-bond acceptors (Lipinski definition) is 4. The van der Waals surface area contributed by atoms with Gasteiger partial charge in [0.1, 0.15) is 0 Å². The minimum absolute atomic E-state index is 0.144. The van der Waals surface area contributed by atoms with E-state index in [4.69, 9.17) is 0 Å². The maximum absolute atomic E-state index is 12.5. The standard InChI is InChI=1S/C14H27N3O3S/c1-3-21(19,20)17-11-9-15(10-12-17)13(2)14(18)16-7-5-4-6-8-16/h13H,3-12H2,1-2H3. The summed E-state index contributed by atoms with van der Waals surface area (Å²) in [5, 5.41) is 0. The normalized spacial score (nSPS) is 24.0. The zero-order chi connectivity index (χ0) is 15.5. The molecule has 1 unspecified atom stereocenters. The van der Waals surface area contributed by atoms with Gasteiger partial charge in [0, 0.05) is 39.3 Å². The smallest absolute Gasteiger partial charge is 0.239 e. The monoisotopic (exact) mass is 317 g/mol. The van der Waals surface area contributed by atoms with Crippen LogP contribution in [0.4, 0.5) is 0 Å². The van der Waals surface area contributed by atoms with E-state index in [0.717, 1.165) is 25.9 Å². The Labute approximate surface area is 128 Å². The molecule has 0 aromatic rings. The average Bonchev–Trinajstić information content (AvgIpc) is 2.54. The van der Waals surface area contributed by atoms with Gasteiger partial charge in [-0.3, -0.25) is 9.69 Å². The third kappa shape index (κ3) is 3.96. The summed E-state index contributed by atoms with van der Waals surface area (Å²) in [5.41, 5.74) is 0. The van der Waals surface area contributed by atoms with Crippen LogP contribution in [0.25, 0.3) is 0 Å². The Morgan fingerprint density at radius 2 is 1.57 bits per heavy atom. The molecule has 1 amide bonds. The lowest BCUT2D eigenvalue weighted by Gasteiger charge is -2.39. The molecule has 21 heavy (non-hydrogen) atoms. The third-order valence-electron chi connectivity index (χ3n) is 4.60. The van der Waals surface area contributed by atoms with Crippen molar-refractivity contribution in [1.82, 2.24) is 14.1 Å². The molecule has 0 bridgehead atoms. The lowest BCUT2D eigenvalue weighted by Crippen LogP contribution is -2.56. The summed E-state index contributed by atoms with van der Waals surface area (Å²) in [7, 11) is -3.10. The van der Waals surface area contributed by atoms with Crippen LogP contribution in [0.5, 0.6) is 0 Å². The highest BCUT2D eigenvalue weighted by Crippen LogP contribution is 2.15. The summed E-state index contributed by atoms with van der Waals surface area (Å²) in [5.74, 6) is 0.344. The number of nitrogens with zero attached hydrogens (tertiary/aromatic N) is 3. The summed E-state index contributed by atoms with van der Waals surface area (Å²) in [6.07, 6.45) is 3.41. The quantitative estimate of drug-likeness (QED) is 0.751. The molecule has 0 spiro atoms. The predicted molar refractivity (Wildman–Crippen MR) is 82.5 cm³/mol. The molecule has 2 rings (SSSR count). The van der Waals surface area contributed by atoms with Crippen LogP contribution in [0.2, 0.25) is 0 Å². The van der Waals surface area contributed by atoms with Gasteiger partial charge >= 0.3 is 0 Å². The van der Waals surface area contributed by atoms with Gasteiger partial charge in [-0.1, -0.05) is 0 Å². The summed E-state index contributed by atoms with van der Waals surface area (Å²) in [6, 6.07) is -0.144. The van der Waals surface area contributed by atoms with Crippen LogP contribution in [-0.2, 0) is 14.8 Å². The van der Waals surface area contributed by atoms with Gasteiger partial charge in [-0.25, -0.2) is 8.42 Å². The van der Waals surface area contributed by atoms with Crippen LogP contribution in [-0.4, -0.2) is 79.5 Å². The molecule has 0 N–H and O–H groups in total. The van der Waals surface area contributed by atoms with E-state index in [2.05, 4.69) is 4.90 Å². The summed E-state index contributed by atoms with van der Waals surface area (Å²) < 4.78 is 25.2. The summed E-state index contributed by atoms with van der Waals surface area (Å²) in [4.78, 5) is 16.6. The fourth-order valence-electron chi connectivity index (χ4n) is 3.09. The van der Waals surface area contributed by atoms with E-state index in [1.807, 2.05) is 11.8 Å². The van der Waals surface area contributed by atoms with Crippen molar-refractivity contribution < 1.29 is 13.2 Å². The molecule has 0 aromatic carbocycles. The number of hydrogen-bond donors (Lipinski definition) is 0. The first-order valence-corrected chi connectivity index (χ1v) is 9.57. The molecule has 0 saturated carbocycles. The molecule has 2 fully saturated rings. The molecular weight excluding hydrogens is 290 g/mol. The Bertz CT molecular complexity index is 452. The Hall–Kier alpha value is -0.660. The maximum atomic E-state index is 12.5. The highest BCUT2D eigenvalue weighted by Gasteiger charge is 2.31. The molecular formula is C14H27N3O3S. The molecule has 1 atom stereocenters. The van der Waals surface area contributed by atoms with Crippen molar-refractivity contribution in [3.63, 3.8) is 0 Å². The van der Waals surface area contributed by atoms with Gasteiger partial charge in [-0.05, 0) is 33.1 Å². The van der Waals surface area contributed by atoms with Crippen molar-refractivity contribution in [3.8, 4) is 0 Å². The number of likely N-dealkylation sites (tertiary alicyclic amines) is 1. The number of rotatable bonds is 4. The fourth-order valence-corrected chi connectivity index (χ4v) is 4.17. The predicted octanol–water partition coefficient (Wildman–Crippen LogP) is 0.355. The third-order valence-corrected chi connectivity index (χ3v) is 6.49. The first-order valence-electron chi connectivity index (χ1n) is 7.96. The van der Waals surface area contributed by atoms with Crippen LogP contribution < -0.4 is 0 Å². The molecule has 7 heteroatoms. The van der Waals surface area contributed by atoms with Gasteiger partial charge in [0.25, 0.3) is 0 Å². The maximum Gasteiger partial charge on any atom is 0.239 e. The van der Waals surface area contributed by atoms with E-state index < -0.39 is 10.0 Å². The number of piperidine rings is 1. The van der Waals surface area contributed by atoms with Crippen molar-refractivity contribution in [2.45, 2.75) is 39.2 Å². The van der Waals surface area contributed by atoms with E-state index in [1.165, 1.54) is 6.42 Å². The topological polar surface area (TPSA) is 60.9 Å². The Kier molecular flexibility index (Phi) is 5.62. The van der Waals surface area contributed by atoms with E-state index in [-0.39, 0.29) is 17.7 Å². The molecule has 122 valence electrons. The van der Waals surface area contributed by atoms with Crippen LogP contribution in [0, 0.1) is 0 Å². The lowest BCUT2D eigenvalue weighted by molar-refractivity contribution is -0.137. The van der Waals surface area contributed by atoms with Crippen LogP contribution >= 0.6 is 0 Å². The number of piperazine rings is 1. The van der Waals surface area contributed by atoms with Crippen molar-refractivity contribution in [3.05, 3.63) is 0 Å². The van der Waals surface area contributed by atoms with Crippen LogP contribution in [0.1, 0.15) is 33.1 Å². The van der Waals surface area contributed by atoms with Crippen molar-refractivity contribution in [2.75, 3.05) is 45.0 Å². The summed E-state index contributed by atoms with van der Waals surface area (Å²) >= 11 is 0. The second kappa shape index (κ2) is 7.07.